The highest BCUT2D eigenvalue weighted by Gasteiger charge is 2.68. The van der Waals surface area contributed by atoms with Crippen molar-refractivity contribution in [3.63, 3.8) is 0 Å². The zero-order valence-electron chi connectivity index (χ0n) is 20.5. The number of hydrogen-bond donors (Lipinski definition) is 4. The summed E-state index contributed by atoms with van der Waals surface area (Å²) in [5, 5.41) is 42.8. The molecule has 2 fully saturated rings. The number of rotatable bonds is 9. The Morgan fingerprint density at radius 3 is 2.29 bits per heavy atom. The largest absolute Gasteiger partial charge is 0.507 e. The first-order valence-corrected chi connectivity index (χ1v) is 11.8. The molecule has 2 unspecified atom stereocenters. The van der Waals surface area contributed by atoms with Gasteiger partial charge in [-0.25, -0.2) is 0 Å². The number of carbonyl (C=O) groups excluding carboxylic acids is 2. The lowest BCUT2D eigenvalue weighted by Crippen LogP contribution is -2.55. The third-order valence-corrected chi connectivity index (χ3v) is 7.14. The highest BCUT2D eigenvalue weighted by Crippen LogP contribution is 2.51. The molecular weight excluding hydrogens is 444 g/mol. The zero-order valence-corrected chi connectivity index (χ0v) is 20.5. The summed E-state index contributed by atoms with van der Waals surface area (Å²) in [6.45, 7) is 9.19. The van der Waals surface area contributed by atoms with E-state index in [1.165, 1.54) is 13.2 Å². The lowest BCUT2D eigenvalue weighted by Gasteiger charge is -2.40. The van der Waals surface area contributed by atoms with Gasteiger partial charge in [0.05, 0.1) is 41.5 Å². The fraction of sp³-hybridized carbons (Fsp3) is 0.680. The molecule has 0 radical (unpaired) electrons. The Morgan fingerprint density at radius 2 is 1.85 bits per heavy atom. The van der Waals surface area contributed by atoms with Crippen LogP contribution in [-0.2, 0) is 14.2 Å². The quantitative estimate of drug-likeness (QED) is 0.238. The summed E-state index contributed by atoms with van der Waals surface area (Å²) in [6.07, 6.45) is -3.30. The summed E-state index contributed by atoms with van der Waals surface area (Å²) in [5.41, 5.74) is -1.52. The second kappa shape index (κ2) is 9.91. The van der Waals surface area contributed by atoms with Gasteiger partial charge in [0.1, 0.15) is 11.5 Å². The van der Waals surface area contributed by atoms with Crippen molar-refractivity contribution in [1.29, 1.82) is 0 Å². The number of carbonyl (C=O) groups is 2. The van der Waals surface area contributed by atoms with Crippen LogP contribution < -0.4 is 0 Å². The standard InChI is InChI=1S/C25H36O9/c1-7-18-25(34-18)17(27)9-16(33-24(25)31)19(11(2)3)22(30)13-8-14(23(32-6)12(4)5)21(29)15(10-26)20(13)28/h8,10-12,16-19,23-24,27-29,31H,7,9H2,1-6H3/t16-,17-,18+,19?,23?,24-,25+/m1/s1. The van der Waals surface area contributed by atoms with Crippen LogP contribution in [0.2, 0.25) is 0 Å². The molecule has 2 aliphatic rings. The van der Waals surface area contributed by atoms with Crippen LogP contribution in [0.5, 0.6) is 11.5 Å². The van der Waals surface area contributed by atoms with Gasteiger partial charge in [0.2, 0.25) is 0 Å². The molecule has 0 aliphatic carbocycles. The minimum atomic E-state index is -1.41. The molecule has 34 heavy (non-hydrogen) atoms. The second-order valence-electron chi connectivity index (χ2n) is 9.92. The summed E-state index contributed by atoms with van der Waals surface area (Å²) < 4.78 is 16.9. The molecule has 2 aliphatic heterocycles. The summed E-state index contributed by atoms with van der Waals surface area (Å²) >= 11 is 0. The highest BCUT2D eigenvalue weighted by molar-refractivity contribution is 6.04. The Kier molecular flexibility index (Phi) is 7.74. The number of phenols is 2. The average molecular weight is 481 g/mol. The number of ether oxygens (including phenoxy) is 3. The number of epoxide rings is 1. The average Bonchev–Trinajstić information content (AvgIpc) is 3.50. The molecular formula is C25H36O9. The minimum absolute atomic E-state index is 0.0566. The number of methoxy groups -OCH3 is 1. The minimum Gasteiger partial charge on any atom is -0.507 e. The van der Waals surface area contributed by atoms with Crippen molar-refractivity contribution in [3.8, 4) is 11.5 Å². The maximum Gasteiger partial charge on any atom is 0.189 e. The first-order valence-electron chi connectivity index (χ1n) is 11.8. The van der Waals surface area contributed by atoms with Crippen molar-refractivity contribution in [2.75, 3.05) is 7.11 Å². The molecule has 0 bridgehead atoms. The monoisotopic (exact) mass is 480 g/mol. The first-order chi connectivity index (χ1) is 16.0. The predicted molar refractivity (Wildman–Crippen MR) is 122 cm³/mol. The Balaban J connectivity index is 2.02. The van der Waals surface area contributed by atoms with Gasteiger partial charge in [-0.15, -0.1) is 0 Å². The van der Waals surface area contributed by atoms with E-state index in [0.717, 1.165) is 0 Å². The Morgan fingerprint density at radius 1 is 1.21 bits per heavy atom. The van der Waals surface area contributed by atoms with E-state index in [4.69, 9.17) is 14.2 Å². The van der Waals surface area contributed by atoms with Gasteiger partial charge >= 0.3 is 0 Å². The van der Waals surface area contributed by atoms with E-state index in [1.54, 1.807) is 13.8 Å². The molecule has 190 valence electrons. The van der Waals surface area contributed by atoms with Gasteiger partial charge in [0.15, 0.2) is 24.0 Å². The number of benzene rings is 1. The summed E-state index contributed by atoms with van der Waals surface area (Å²) in [7, 11) is 1.45. The first kappa shape index (κ1) is 26.6. The number of aliphatic hydroxyl groups is 2. The zero-order chi connectivity index (χ0) is 25.5. The van der Waals surface area contributed by atoms with Crippen molar-refractivity contribution in [3.05, 3.63) is 22.8 Å². The van der Waals surface area contributed by atoms with Crippen molar-refractivity contribution < 1.29 is 44.2 Å². The third kappa shape index (κ3) is 4.24. The van der Waals surface area contributed by atoms with E-state index in [2.05, 4.69) is 0 Å². The molecule has 3 rings (SSSR count). The summed E-state index contributed by atoms with van der Waals surface area (Å²) in [6, 6.07) is 1.35. The summed E-state index contributed by atoms with van der Waals surface area (Å²) in [5.74, 6) is -2.85. The number of hydrogen-bond acceptors (Lipinski definition) is 9. The van der Waals surface area contributed by atoms with Gasteiger partial charge in [-0.1, -0.05) is 34.6 Å². The second-order valence-corrected chi connectivity index (χ2v) is 9.92. The lowest BCUT2D eigenvalue weighted by molar-refractivity contribution is -0.240. The van der Waals surface area contributed by atoms with E-state index in [0.29, 0.717) is 12.7 Å². The number of ketones is 1. The van der Waals surface area contributed by atoms with Crippen molar-refractivity contribution in [2.45, 2.75) is 83.8 Å². The van der Waals surface area contributed by atoms with Crippen LogP contribution in [0, 0.1) is 17.8 Å². The van der Waals surface area contributed by atoms with Crippen LogP contribution >= 0.6 is 0 Å². The number of Topliss-reactive ketones (excluding diaryl/α,β-unsaturated/α-hetero) is 1. The van der Waals surface area contributed by atoms with E-state index in [-0.39, 0.29) is 35.5 Å². The van der Waals surface area contributed by atoms with Crippen LogP contribution in [0.3, 0.4) is 0 Å². The topological polar surface area (TPSA) is 146 Å². The third-order valence-electron chi connectivity index (χ3n) is 7.14. The molecule has 2 saturated heterocycles. The Bertz CT molecular complexity index is 913. The molecule has 9 heteroatoms. The number of aliphatic hydroxyl groups excluding tert-OH is 2. The van der Waals surface area contributed by atoms with Gasteiger partial charge in [0.25, 0.3) is 0 Å². The van der Waals surface area contributed by atoms with Gasteiger partial charge in [-0.3, -0.25) is 9.59 Å². The van der Waals surface area contributed by atoms with Crippen LogP contribution in [-0.4, -0.2) is 69.8 Å². The van der Waals surface area contributed by atoms with Gasteiger partial charge in [-0.2, -0.15) is 0 Å². The smallest absolute Gasteiger partial charge is 0.189 e. The van der Waals surface area contributed by atoms with E-state index >= 15 is 0 Å². The molecule has 9 nitrogen and oxygen atoms in total. The number of aldehydes is 1. The SMILES string of the molecule is CC[C@@H]1O[C@@]12[C@H](O)C[C@H](C(C(=O)c1cc(C(OC)C(C)C)c(O)c(C=O)c1O)C(C)C)O[C@H]2O. The normalized spacial score (nSPS) is 30.5. The maximum absolute atomic E-state index is 13.8. The van der Waals surface area contributed by atoms with Crippen LogP contribution in [0.4, 0.5) is 0 Å². The number of phenolic OH excluding ortho intramolecular Hbond substituents is 2. The van der Waals surface area contributed by atoms with Crippen molar-refractivity contribution in [2.24, 2.45) is 17.8 Å². The summed E-state index contributed by atoms with van der Waals surface area (Å²) in [4.78, 5) is 25.5. The van der Waals surface area contributed by atoms with E-state index in [1.807, 2.05) is 20.8 Å². The molecule has 4 N–H and O–H groups in total. The van der Waals surface area contributed by atoms with E-state index in [9.17, 15) is 30.0 Å². The maximum atomic E-state index is 13.8. The molecule has 1 aromatic carbocycles. The number of aromatic hydroxyl groups is 2. The Hall–Kier alpha value is -2.04. The molecule has 1 aromatic rings. The van der Waals surface area contributed by atoms with Gasteiger partial charge in [0, 0.05) is 19.1 Å². The molecule has 0 saturated carbocycles. The lowest BCUT2D eigenvalue weighted by atomic mass is 9.77. The predicted octanol–water partition coefficient (Wildman–Crippen LogP) is 2.72. The van der Waals surface area contributed by atoms with E-state index < -0.39 is 59.0 Å². The van der Waals surface area contributed by atoms with Crippen LogP contribution in [0.1, 0.15) is 79.8 Å². The highest BCUT2D eigenvalue weighted by atomic mass is 16.7. The van der Waals surface area contributed by atoms with Gasteiger partial charge in [-0.05, 0) is 24.3 Å². The Labute approximate surface area is 199 Å². The van der Waals surface area contributed by atoms with Crippen LogP contribution in [0.25, 0.3) is 0 Å². The molecule has 7 atom stereocenters. The van der Waals surface area contributed by atoms with Crippen LogP contribution in [0.15, 0.2) is 6.07 Å². The fourth-order valence-corrected chi connectivity index (χ4v) is 5.31. The molecule has 1 spiro atoms. The van der Waals surface area contributed by atoms with Crippen molar-refractivity contribution >= 4 is 12.1 Å². The molecule has 0 aromatic heterocycles. The van der Waals surface area contributed by atoms with Crippen molar-refractivity contribution in [1.82, 2.24) is 0 Å². The molecule has 0 amide bonds. The van der Waals surface area contributed by atoms with Gasteiger partial charge < -0.3 is 34.6 Å². The fourth-order valence-electron chi connectivity index (χ4n) is 5.31. The molecule has 2 heterocycles.